The lowest BCUT2D eigenvalue weighted by atomic mass is 9.70. The number of amides is 2. The minimum Gasteiger partial charge on any atom is -0.508 e. The van der Waals surface area contributed by atoms with E-state index in [1.54, 1.807) is 17.0 Å². The van der Waals surface area contributed by atoms with Gasteiger partial charge in [0.25, 0.3) is 0 Å². The molecule has 2 aromatic carbocycles. The standard InChI is InChI=1S/C35H42N2O4/c1-3-24(19-26-10-7-11-28(38)20-26)12-13-31-32-23(2)18-29-33(30(32)22-41-31)35(40)37(34(29)39)27-14-16-36(17-15-27)21-25-8-5-4-6-9-25/h4-11,19-20,27,29-31,33,38H,3,12-18,21-22H2,1-2H3/b24-19+/t29-,30+,31-,33-/m1/s1. The third kappa shape index (κ3) is 5.64. The van der Waals surface area contributed by atoms with Crippen LogP contribution in [0.25, 0.3) is 6.08 Å². The molecule has 6 nitrogen and oxygen atoms in total. The highest BCUT2D eigenvalue weighted by atomic mass is 16.5. The number of fused-ring (bicyclic) bond motifs is 3. The van der Waals surface area contributed by atoms with Gasteiger partial charge in [-0.3, -0.25) is 19.4 Å². The maximum atomic E-state index is 13.9. The number of carbonyl (C=O) groups is 2. The second-order valence-corrected chi connectivity index (χ2v) is 12.3. The summed E-state index contributed by atoms with van der Waals surface area (Å²) in [7, 11) is 0. The van der Waals surface area contributed by atoms with Crippen LogP contribution in [0.3, 0.4) is 0 Å². The van der Waals surface area contributed by atoms with Crippen LogP contribution in [0.5, 0.6) is 5.75 Å². The molecule has 3 saturated heterocycles. The zero-order valence-electron chi connectivity index (χ0n) is 24.3. The van der Waals surface area contributed by atoms with Gasteiger partial charge in [0.1, 0.15) is 5.75 Å². The van der Waals surface area contributed by atoms with Gasteiger partial charge in [-0.05, 0) is 74.3 Å². The molecule has 3 aliphatic heterocycles. The first kappa shape index (κ1) is 27.9. The Bertz CT molecular complexity index is 1340. The van der Waals surface area contributed by atoms with E-state index >= 15 is 0 Å². The summed E-state index contributed by atoms with van der Waals surface area (Å²) in [5.41, 5.74) is 6.14. The summed E-state index contributed by atoms with van der Waals surface area (Å²) in [4.78, 5) is 31.7. The number of likely N-dealkylation sites (tertiary alicyclic amines) is 2. The topological polar surface area (TPSA) is 70.1 Å². The predicted molar refractivity (Wildman–Crippen MR) is 160 cm³/mol. The molecule has 2 aromatic rings. The van der Waals surface area contributed by atoms with Crippen molar-refractivity contribution in [2.24, 2.45) is 17.8 Å². The van der Waals surface area contributed by atoms with Gasteiger partial charge in [0.2, 0.25) is 11.8 Å². The molecule has 6 rings (SSSR count). The van der Waals surface area contributed by atoms with Crippen molar-refractivity contribution in [2.75, 3.05) is 19.7 Å². The number of rotatable bonds is 8. The van der Waals surface area contributed by atoms with E-state index in [-0.39, 0.29) is 47.5 Å². The van der Waals surface area contributed by atoms with E-state index in [2.05, 4.69) is 49.1 Å². The van der Waals surface area contributed by atoms with Gasteiger partial charge in [0.05, 0.1) is 24.5 Å². The quantitative estimate of drug-likeness (QED) is 0.322. The highest BCUT2D eigenvalue weighted by Crippen LogP contribution is 2.50. The molecule has 0 spiro atoms. The van der Waals surface area contributed by atoms with Crippen molar-refractivity contribution in [2.45, 2.75) is 71.1 Å². The molecule has 2 amide bonds. The number of hydrogen-bond donors (Lipinski definition) is 1. The van der Waals surface area contributed by atoms with Crippen LogP contribution in [0, 0.1) is 17.8 Å². The van der Waals surface area contributed by atoms with Crippen molar-refractivity contribution in [1.82, 2.24) is 9.80 Å². The number of allylic oxidation sites excluding steroid dienone is 2. The Hall–Kier alpha value is -3.22. The van der Waals surface area contributed by atoms with E-state index < -0.39 is 0 Å². The second kappa shape index (κ2) is 11.9. The van der Waals surface area contributed by atoms with Crippen LogP contribution in [-0.4, -0.2) is 58.6 Å². The first-order valence-electron chi connectivity index (χ1n) is 15.4. The fourth-order valence-electron chi connectivity index (χ4n) is 7.71. The Morgan fingerprint density at radius 1 is 1.02 bits per heavy atom. The Kier molecular flexibility index (Phi) is 8.14. The van der Waals surface area contributed by atoms with E-state index in [1.807, 2.05) is 18.2 Å². The number of ether oxygens (including phenoxy) is 1. The van der Waals surface area contributed by atoms with Crippen LogP contribution in [0.2, 0.25) is 0 Å². The lowest BCUT2D eigenvalue weighted by Crippen LogP contribution is -2.47. The number of imide groups is 1. The molecule has 0 saturated carbocycles. The van der Waals surface area contributed by atoms with Gasteiger partial charge in [-0.2, -0.15) is 0 Å². The normalized spacial score (nSPS) is 27.5. The smallest absolute Gasteiger partial charge is 0.234 e. The first-order chi connectivity index (χ1) is 19.9. The van der Waals surface area contributed by atoms with Gasteiger partial charge >= 0.3 is 0 Å². The fourth-order valence-corrected chi connectivity index (χ4v) is 7.71. The summed E-state index contributed by atoms with van der Waals surface area (Å²) >= 11 is 0. The second-order valence-electron chi connectivity index (χ2n) is 12.3. The highest BCUT2D eigenvalue weighted by molar-refractivity contribution is 6.06. The predicted octanol–water partition coefficient (Wildman–Crippen LogP) is 5.97. The number of nitrogens with zero attached hydrogens (tertiary/aromatic N) is 2. The third-order valence-electron chi connectivity index (χ3n) is 9.78. The number of aromatic hydroxyl groups is 1. The average molecular weight is 555 g/mol. The van der Waals surface area contributed by atoms with Crippen molar-refractivity contribution in [3.63, 3.8) is 0 Å². The zero-order valence-corrected chi connectivity index (χ0v) is 24.3. The molecule has 6 heteroatoms. The van der Waals surface area contributed by atoms with Crippen molar-refractivity contribution >= 4 is 17.9 Å². The summed E-state index contributed by atoms with van der Waals surface area (Å²) in [5, 5.41) is 9.83. The summed E-state index contributed by atoms with van der Waals surface area (Å²) in [5.74, 6) is -0.140. The molecular formula is C35H42N2O4. The number of benzene rings is 2. The van der Waals surface area contributed by atoms with Crippen LogP contribution < -0.4 is 0 Å². The lowest BCUT2D eigenvalue weighted by molar-refractivity contribution is -0.144. The average Bonchev–Trinajstić information content (AvgIpc) is 3.51. The van der Waals surface area contributed by atoms with Crippen LogP contribution in [-0.2, 0) is 20.9 Å². The summed E-state index contributed by atoms with van der Waals surface area (Å²) in [6.07, 6.45) is 7.21. The van der Waals surface area contributed by atoms with Crippen molar-refractivity contribution in [1.29, 1.82) is 0 Å². The van der Waals surface area contributed by atoms with Crippen molar-refractivity contribution in [3.05, 3.63) is 82.4 Å². The van der Waals surface area contributed by atoms with Crippen LogP contribution in [0.1, 0.15) is 63.5 Å². The van der Waals surface area contributed by atoms with E-state index in [1.165, 1.54) is 22.3 Å². The van der Waals surface area contributed by atoms with Crippen LogP contribution >= 0.6 is 0 Å². The summed E-state index contributed by atoms with van der Waals surface area (Å²) in [6, 6.07) is 17.8. The minimum atomic E-state index is -0.276. The van der Waals surface area contributed by atoms with Gasteiger partial charge in [-0.1, -0.05) is 66.6 Å². The maximum Gasteiger partial charge on any atom is 0.234 e. The van der Waals surface area contributed by atoms with E-state index in [0.29, 0.717) is 13.0 Å². The Labute approximate surface area is 243 Å². The third-order valence-corrected chi connectivity index (χ3v) is 9.78. The van der Waals surface area contributed by atoms with Gasteiger partial charge in [-0.15, -0.1) is 0 Å². The lowest BCUT2D eigenvalue weighted by Gasteiger charge is -2.36. The first-order valence-corrected chi connectivity index (χ1v) is 15.4. The van der Waals surface area contributed by atoms with Crippen molar-refractivity contribution < 1.29 is 19.4 Å². The molecule has 0 radical (unpaired) electrons. The Balaban J connectivity index is 1.10. The van der Waals surface area contributed by atoms with Gasteiger partial charge < -0.3 is 9.84 Å². The Morgan fingerprint density at radius 2 is 1.80 bits per heavy atom. The largest absolute Gasteiger partial charge is 0.508 e. The van der Waals surface area contributed by atoms with E-state index in [4.69, 9.17) is 4.74 Å². The number of hydrogen-bond acceptors (Lipinski definition) is 5. The van der Waals surface area contributed by atoms with Crippen LogP contribution in [0.15, 0.2) is 71.3 Å². The molecule has 1 aliphatic carbocycles. The summed E-state index contributed by atoms with van der Waals surface area (Å²) < 4.78 is 6.36. The monoisotopic (exact) mass is 554 g/mol. The molecule has 0 unspecified atom stereocenters. The number of phenolic OH excluding ortho intramolecular Hbond substituents is 1. The molecule has 0 bridgehead atoms. The molecule has 3 fully saturated rings. The van der Waals surface area contributed by atoms with Gasteiger partial charge in [0.15, 0.2) is 0 Å². The molecule has 4 atom stereocenters. The highest BCUT2D eigenvalue weighted by Gasteiger charge is 2.57. The van der Waals surface area contributed by atoms with Gasteiger partial charge in [-0.25, -0.2) is 0 Å². The SMILES string of the molecule is CC/C(=C\c1cccc(O)c1)CC[C@H]1OC[C@H]2C1=C(C)C[C@H]1C(=O)N(C3CCN(Cc4ccccc4)CC3)C(=O)[C@H]12. The Morgan fingerprint density at radius 3 is 2.54 bits per heavy atom. The maximum absolute atomic E-state index is 13.9. The van der Waals surface area contributed by atoms with Gasteiger partial charge in [0, 0.05) is 31.6 Å². The number of carbonyl (C=O) groups excluding carboxylic acids is 2. The van der Waals surface area contributed by atoms with Crippen molar-refractivity contribution in [3.8, 4) is 5.75 Å². The molecule has 4 aliphatic rings. The van der Waals surface area contributed by atoms with E-state index in [9.17, 15) is 14.7 Å². The number of piperidine rings is 1. The number of phenols is 1. The molecule has 41 heavy (non-hydrogen) atoms. The molecular weight excluding hydrogens is 512 g/mol. The summed E-state index contributed by atoms with van der Waals surface area (Å²) in [6.45, 7) is 7.55. The molecule has 3 heterocycles. The molecule has 1 N–H and O–H groups in total. The zero-order chi connectivity index (χ0) is 28.5. The fraction of sp³-hybridized carbons (Fsp3) is 0.486. The minimum absolute atomic E-state index is 0.00162. The molecule has 216 valence electrons. The van der Waals surface area contributed by atoms with Crippen LogP contribution in [0.4, 0.5) is 0 Å². The van der Waals surface area contributed by atoms with E-state index in [0.717, 1.165) is 57.3 Å². The molecule has 0 aromatic heterocycles.